The highest BCUT2D eigenvalue weighted by Crippen LogP contribution is 2.25. The molecule has 9 heteroatoms. The number of amides is 3. The van der Waals surface area contributed by atoms with Gasteiger partial charge in [0.1, 0.15) is 0 Å². The van der Waals surface area contributed by atoms with E-state index < -0.39 is 18.5 Å². The van der Waals surface area contributed by atoms with Gasteiger partial charge in [0, 0.05) is 17.9 Å². The molecule has 3 rings (SSSR count). The molecule has 0 radical (unpaired) electrons. The maximum atomic E-state index is 12.1. The molecule has 7 nitrogen and oxygen atoms in total. The molecule has 3 amide bonds. The molecule has 1 saturated heterocycles. The number of hydrogen-bond acceptors (Lipinski definition) is 5. The maximum Gasteiger partial charge on any atom is 0.338 e. The smallest absolute Gasteiger partial charge is 0.338 e. The van der Waals surface area contributed by atoms with Crippen LogP contribution in [0.25, 0.3) is 0 Å². The number of imide groups is 1. The molecule has 0 unspecified atom stereocenters. The number of esters is 1. The van der Waals surface area contributed by atoms with Crippen molar-refractivity contribution in [1.82, 2.24) is 0 Å². The van der Waals surface area contributed by atoms with Crippen molar-refractivity contribution < 1.29 is 23.9 Å². The largest absolute Gasteiger partial charge is 0.452 e. The number of anilines is 2. The van der Waals surface area contributed by atoms with Gasteiger partial charge in [-0.25, -0.2) is 4.79 Å². The number of nitrogens with one attached hydrogen (secondary N) is 1. The maximum absolute atomic E-state index is 12.1. The first kappa shape index (κ1) is 19.9. The van der Waals surface area contributed by atoms with E-state index in [0.29, 0.717) is 21.4 Å². The molecule has 2 aromatic carbocycles. The van der Waals surface area contributed by atoms with E-state index in [4.69, 9.17) is 27.9 Å². The molecule has 2 aromatic rings. The van der Waals surface area contributed by atoms with Crippen LogP contribution in [0.4, 0.5) is 11.4 Å². The Labute approximate surface area is 170 Å². The Morgan fingerprint density at radius 3 is 2.29 bits per heavy atom. The summed E-state index contributed by atoms with van der Waals surface area (Å²) >= 11 is 11.8. The number of ether oxygens (including phenoxy) is 1. The van der Waals surface area contributed by atoms with E-state index in [1.807, 2.05) is 0 Å². The van der Waals surface area contributed by atoms with Crippen LogP contribution in [0.15, 0.2) is 42.5 Å². The van der Waals surface area contributed by atoms with Crippen LogP contribution in [0.3, 0.4) is 0 Å². The average Bonchev–Trinajstić information content (AvgIpc) is 3.01. The number of benzene rings is 2. The van der Waals surface area contributed by atoms with Gasteiger partial charge < -0.3 is 10.1 Å². The van der Waals surface area contributed by atoms with Crippen LogP contribution in [0.5, 0.6) is 0 Å². The summed E-state index contributed by atoms with van der Waals surface area (Å²) in [6.45, 7) is -0.521. The van der Waals surface area contributed by atoms with Crippen molar-refractivity contribution in [2.45, 2.75) is 12.8 Å². The molecule has 1 fully saturated rings. The SMILES string of the molecule is O=C(COC(=O)c1ccc(N2C(=O)CCC2=O)cc1)Nc1cc(Cl)ccc1Cl. The minimum Gasteiger partial charge on any atom is -0.452 e. The summed E-state index contributed by atoms with van der Waals surface area (Å²) in [5.41, 5.74) is 0.869. The fraction of sp³-hybridized carbons (Fsp3) is 0.158. The summed E-state index contributed by atoms with van der Waals surface area (Å²) in [5.74, 6) is -1.87. The Hall–Kier alpha value is -2.90. The summed E-state index contributed by atoms with van der Waals surface area (Å²) in [6.07, 6.45) is 0.350. The van der Waals surface area contributed by atoms with Crippen molar-refractivity contribution >= 4 is 58.3 Å². The van der Waals surface area contributed by atoms with Gasteiger partial charge in [0.25, 0.3) is 5.91 Å². The molecule has 0 aliphatic carbocycles. The summed E-state index contributed by atoms with van der Waals surface area (Å²) in [6, 6.07) is 10.4. The molecule has 0 atom stereocenters. The third-order valence-electron chi connectivity index (χ3n) is 3.95. The van der Waals surface area contributed by atoms with Crippen LogP contribution in [0.1, 0.15) is 23.2 Å². The molecular weight excluding hydrogens is 407 g/mol. The number of halogens is 2. The van der Waals surface area contributed by atoms with Crippen molar-refractivity contribution in [2.75, 3.05) is 16.8 Å². The topological polar surface area (TPSA) is 92.8 Å². The Balaban J connectivity index is 1.57. The molecule has 144 valence electrons. The highest BCUT2D eigenvalue weighted by molar-refractivity contribution is 6.35. The second kappa shape index (κ2) is 8.41. The molecule has 0 saturated carbocycles. The third kappa shape index (κ3) is 4.49. The standard InChI is InChI=1S/C19H14Cl2N2O5/c20-12-3-6-14(21)15(9-12)22-16(24)10-28-19(27)11-1-4-13(5-2-11)23-17(25)7-8-18(23)26/h1-6,9H,7-8,10H2,(H,22,24). The molecular formula is C19H14Cl2N2O5. The third-order valence-corrected chi connectivity index (χ3v) is 4.51. The van der Waals surface area contributed by atoms with Gasteiger partial charge in [0.15, 0.2) is 6.61 Å². The lowest BCUT2D eigenvalue weighted by molar-refractivity contribution is -0.121. The van der Waals surface area contributed by atoms with Crippen molar-refractivity contribution in [1.29, 1.82) is 0 Å². The predicted molar refractivity (Wildman–Crippen MR) is 104 cm³/mol. The molecule has 1 heterocycles. The van der Waals surface area contributed by atoms with E-state index in [2.05, 4.69) is 5.32 Å². The van der Waals surface area contributed by atoms with Crippen LogP contribution < -0.4 is 10.2 Å². The summed E-state index contributed by atoms with van der Waals surface area (Å²) in [5, 5.41) is 3.19. The number of nitrogens with zero attached hydrogens (tertiary/aromatic N) is 1. The molecule has 1 aliphatic rings. The molecule has 28 heavy (non-hydrogen) atoms. The van der Waals surface area contributed by atoms with Crippen LogP contribution in [-0.2, 0) is 19.1 Å². The number of hydrogen-bond donors (Lipinski definition) is 1. The minimum absolute atomic E-state index is 0.175. The van der Waals surface area contributed by atoms with E-state index in [1.165, 1.54) is 36.4 Å². The molecule has 1 aliphatic heterocycles. The zero-order chi connectivity index (χ0) is 20.3. The van der Waals surface area contributed by atoms with Crippen molar-refractivity contribution in [3.05, 3.63) is 58.1 Å². The Morgan fingerprint density at radius 2 is 1.64 bits per heavy atom. The summed E-state index contributed by atoms with van der Waals surface area (Å²) in [4.78, 5) is 48.6. The van der Waals surface area contributed by atoms with E-state index >= 15 is 0 Å². The van der Waals surface area contributed by atoms with Crippen molar-refractivity contribution in [3.8, 4) is 0 Å². The molecule has 0 aromatic heterocycles. The minimum atomic E-state index is -0.724. The second-order valence-electron chi connectivity index (χ2n) is 5.92. The van der Waals surface area contributed by atoms with Gasteiger partial charge in [-0.2, -0.15) is 0 Å². The summed E-state index contributed by atoms with van der Waals surface area (Å²) < 4.78 is 4.97. The molecule has 0 spiro atoms. The molecule has 1 N–H and O–H groups in total. The lowest BCUT2D eigenvalue weighted by Crippen LogP contribution is -2.28. The number of rotatable bonds is 5. The van der Waals surface area contributed by atoms with E-state index in [1.54, 1.807) is 6.07 Å². The zero-order valence-corrected chi connectivity index (χ0v) is 15.9. The van der Waals surface area contributed by atoms with Gasteiger partial charge in [-0.15, -0.1) is 0 Å². The van der Waals surface area contributed by atoms with Crippen LogP contribution in [-0.4, -0.2) is 30.3 Å². The second-order valence-corrected chi connectivity index (χ2v) is 6.76. The van der Waals surface area contributed by atoms with E-state index in [0.717, 1.165) is 4.90 Å². The van der Waals surface area contributed by atoms with E-state index in [9.17, 15) is 19.2 Å². The molecule has 0 bridgehead atoms. The Morgan fingerprint density at radius 1 is 1.00 bits per heavy atom. The lowest BCUT2D eigenvalue weighted by Gasteiger charge is -2.14. The fourth-order valence-corrected chi connectivity index (χ4v) is 2.94. The van der Waals surface area contributed by atoms with Crippen LogP contribution in [0, 0.1) is 0 Å². The normalized spacial score (nSPS) is 13.6. The first-order valence-corrected chi connectivity index (χ1v) is 8.98. The van der Waals surface area contributed by atoms with Gasteiger partial charge in [0.05, 0.1) is 22.0 Å². The zero-order valence-electron chi connectivity index (χ0n) is 14.4. The van der Waals surface area contributed by atoms with Gasteiger partial charge in [-0.05, 0) is 42.5 Å². The van der Waals surface area contributed by atoms with Crippen LogP contribution >= 0.6 is 23.2 Å². The highest BCUT2D eigenvalue weighted by atomic mass is 35.5. The first-order valence-electron chi connectivity index (χ1n) is 8.23. The Kier molecular flexibility index (Phi) is 5.96. The van der Waals surface area contributed by atoms with Crippen LogP contribution in [0.2, 0.25) is 10.0 Å². The number of carbonyl (C=O) groups excluding carboxylic acids is 4. The van der Waals surface area contributed by atoms with Gasteiger partial charge in [0.2, 0.25) is 11.8 Å². The Bertz CT molecular complexity index is 943. The highest BCUT2D eigenvalue weighted by Gasteiger charge is 2.30. The monoisotopic (exact) mass is 420 g/mol. The quantitative estimate of drug-likeness (QED) is 0.590. The summed E-state index contributed by atoms with van der Waals surface area (Å²) in [7, 11) is 0. The fourth-order valence-electron chi connectivity index (χ4n) is 2.61. The van der Waals surface area contributed by atoms with Crippen molar-refractivity contribution in [3.63, 3.8) is 0 Å². The van der Waals surface area contributed by atoms with Gasteiger partial charge >= 0.3 is 5.97 Å². The lowest BCUT2D eigenvalue weighted by atomic mass is 10.2. The van der Waals surface area contributed by atoms with E-state index in [-0.39, 0.29) is 30.2 Å². The number of carbonyl (C=O) groups is 4. The predicted octanol–water partition coefficient (Wildman–Crippen LogP) is 3.44. The van der Waals surface area contributed by atoms with Crippen molar-refractivity contribution in [2.24, 2.45) is 0 Å². The van der Waals surface area contributed by atoms with Gasteiger partial charge in [-0.3, -0.25) is 19.3 Å². The van der Waals surface area contributed by atoms with Gasteiger partial charge in [-0.1, -0.05) is 23.2 Å². The first-order chi connectivity index (χ1) is 13.3. The average molecular weight is 421 g/mol.